The van der Waals surface area contributed by atoms with Crippen molar-refractivity contribution in [1.82, 2.24) is 10.1 Å². The summed E-state index contributed by atoms with van der Waals surface area (Å²) in [6, 6.07) is 17.4. The first-order valence-electron chi connectivity index (χ1n) is 10.9. The molecular formula is C25H26N2O4. The van der Waals surface area contributed by atoms with Crippen LogP contribution in [0.3, 0.4) is 0 Å². The molecule has 31 heavy (non-hydrogen) atoms. The van der Waals surface area contributed by atoms with Gasteiger partial charge in [0.05, 0.1) is 5.69 Å². The van der Waals surface area contributed by atoms with E-state index in [9.17, 15) is 9.90 Å². The van der Waals surface area contributed by atoms with Crippen molar-refractivity contribution >= 4 is 6.47 Å². The quantitative estimate of drug-likeness (QED) is 0.562. The Labute approximate surface area is 181 Å². The molecule has 1 N–H and O–H groups in total. The lowest BCUT2D eigenvalue weighted by Crippen LogP contribution is -2.45. The van der Waals surface area contributed by atoms with Crippen LogP contribution in [0.15, 0.2) is 65.4 Å². The number of hydrogen-bond acceptors (Lipinski definition) is 6. The van der Waals surface area contributed by atoms with Crippen molar-refractivity contribution in [3.63, 3.8) is 0 Å². The largest absolute Gasteiger partial charge is 0.460 e. The number of carbonyl (C=O) groups excluding carboxylic acids is 1. The summed E-state index contributed by atoms with van der Waals surface area (Å²) in [5.41, 5.74) is 2.61. The smallest absolute Gasteiger partial charge is 0.293 e. The van der Waals surface area contributed by atoms with E-state index in [-0.39, 0.29) is 5.92 Å². The van der Waals surface area contributed by atoms with Crippen molar-refractivity contribution in [3.8, 4) is 11.1 Å². The van der Waals surface area contributed by atoms with Crippen molar-refractivity contribution in [2.24, 2.45) is 0 Å². The maximum atomic E-state index is 12.3. The molecule has 1 unspecified atom stereocenters. The van der Waals surface area contributed by atoms with Crippen molar-refractivity contribution in [1.29, 1.82) is 0 Å². The number of aromatic nitrogens is 1. The number of carbonyl (C=O) groups is 1. The SMILES string of the molecule is O=COC([C@H](CCN1CCCC1)c1ccon1)C1(O)c2ccccc2-c2ccccc21. The molecule has 2 aromatic carbocycles. The highest BCUT2D eigenvalue weighted by Gasteiger charge is 2.52. The van der Waals surface area contributed by atoms with E-state index >= 15 is 0 Å². The number of ether oxygens (including phenoxy) is 1. The molecule has 1 saturated heterocycles. The van der Waals surface area contributed by atoms with Crippen LogP contribution in [0.2, 0.25) is 0 Å². The van der Waals surface area contributed by atoms with Crippen molar-refractivity contribution in [2.75, 3.05) is 19.6 Å². The van der Waals surface area contributed by atoms with Crippen LogP contribution >= 0.6 is 0 Å². The van der Waals surface area contributed by atoms with Crippen LogP contribution < -0.4 is 0 Å². The molecule has 0 bridgehead atoms. The molecule has 0 amide bonds. The van der Waals surface area contributed by atoms with Crippen molar-refractivity contribution in [2.45, 2.75) is 36.9 Å². The second-order valence-corrected chi connectivity index (χ2v) is 8.38. The fraction of sp³-hybridized carbons (Fsp3) is 0.360. The van der Waals surface area contributed by atoms with Gasteiger partial charge in [0, 0.05) is 12.0 Å². The molecule has 3 aromatic rings. The van der Waals surface area contributed by atoms with Crippen LogP contribution in [0, 0.1) is 0 Å². The van der Waals surface area contributed by atoms with E-state index < -0.39 is 11.7 Å². The number of benzene rings is 2. The third-order valence-corrected chi connectivity index (χ3v) is 6.74. The molecule has 1 aliphatic carbocycles. The fourth-order valence-corrected chi connectivity index (χ4v) is 5.29. The van der Waals surface area contributed by atoms with E-state index in [2.05, 4.69) is 10.1 Å². The van der Waals surface area contributed by atoms with Gasteiger partial charge < -0.3 is 19.3 Å². The molecule has 1 fully saturated rings. The molecule has 2 heterocycles. The molecule has 5 rings (SSSR count). The molecule has 1 aliphatic heterocycles. The summed E-state index contributed by atoms with van der Waals surface area (Å²) in [4.78, 5) is 14.1. The average Bonchev–Trinajstić information content (AvgIpc) is 3.56. The minimum absolute atomic E-state index is 0.325. The molecular weight excluding hydrogens is 392 g/mol. The van der Waals surface area contributed by atoms with E-state index in [1.54, 1.807) is 6.07 Å². The Morgan fingerprint density at radius 2 is 1.71 bits per heavy atom. The van der Waals surface area contributed by atoms with Gasteiger partial charge in [0.2, 0.25) is 0 Å². The Hall–Kier alpha value is -2.96. The van der Waals surface area contributed by atoms with Crippen LogP contribution in [0.4, 0.5) is 0 Å². The Bertz CT molecular complexity index is 998. The maximum absolute atomic E-state index is 12.3. The van der Waals surface area contributed by atoms with Crippen LogP contribution in [0.1, 0.15) is 42.0 Å². The third kappa shape index (κ3) is 3.36. The first-order chi connectivity index (χ1) is 15.2. The van der Waals surface area contributed by atoms with Crippen molar-refractivity contribution in [3.05, 3.63) is 77.7 Å². The minimum atomic E-state index is -1.48. The van der Waals surface area contributed by atoms with E-state index in [0.29, 0.717) is 18.6 Å². The molecule has 6 heteroatoms. The topological polar surface area (TPSA) is 75.8 Å². The van der Waals surface area contributed by atoms with Gasteiger partial charge in [-0.05, 0) is 61.2 Å². The second kappa shape index (κ2) is 8.29. The minimum Gasteiger partial charge on any atom is -0.460 e. The van der Waals surface area contributed by atoms with Gasteiger partial charge >= 0.3 is 0 Å². The number of hydrogen-bond donors (Lipinski definition) is 1. The number of likely N-dealkylation sites (tertiary alicyclic amines) is 1. The van der Waals surface area contributed by atoms with Gasteiger partial charge in [-0.3, -0.25) is 4.79 Å². The third-order valence-electron chi connectivity index (χ3n) is 6.74. The molecule has 0 saturated carbocycles. The molecule has 0 radical (unpaired) electrons. The summed E-state index contributed by atoms with van der Waals surface area (Å²) in [5.74, 6) is -0.325. The lowest BCUT2D eigenvalue weighted by atomic mass is 9.77. The highest BCUT2D eigenvalue weighted by molar-refractivity contribution is 5.80. The zero-order chi connectivity index (χ0) is 21.3. The number of aliphatic hydroxyl groups is 1. The van der Waals surface area contributed by atoms with E-state index in [1.165, 1.54) is 19.1 Å². The molecule has 2 aliphatic rings. The van der Waals surface area contributed by atoms with Crippen LogP contribution in [-0.4, -0.2) is 47.4 Å². The van der Waals surface area contributed by atoms with E-state index in [1.807, 2.05) is 48.5 Å². The van der Waals surface area contributed by atoms with Gasteiger partial charge in [0.1, 0.15) is 12.4 Å². The molecule has 1 aromatic heterocycles. The lowest BCUT2D eigenvalue weighted by Gasteiger charge is -2.38. The number of fused-ring (bicyclic) bond motifs is 3. The molecule has 0 spiro atoms. The predicted molar refractivity (Wildman–Crippen MR) is 115 cm³/mol. The highest BCUT2D eigenvalue weighted by atomic mass is 16.5. The molecule has 6 nitrogen and oxygen atoms in total. The normalized spacial score (nSPS) is 18.9. The fourth-order valence-electron chi connectivity index (χ4n) is 5.29. The number of nitrogens with zero attached hydrogens (tertiary/aromatic N) is 2. The Morgan fingerprint density at radius 3 is 2.29 bits per heavy atom. The van der Waals surface area contributed by atoms with Crippen LogP contribution in [0.5, 0.6) is 0 Å². The summed E-state index contributed by atoms with van der Waals surface area (Å²) < 4.78 is 10.9. The first-order valence-corrected chi connectivity index (χ1v) is 10.9. The molecule has 2 atom stereocenters. The summed E-state index contributed by atoms with van der Waals surface area (Å²) >= 11 is 0. The Balaban J connectivity index is 1.60. The van der Waals surface area contributed by atoms with Gasteiger partial charge in [0.25, 0.3) is 6.47 Å². The summed E-state index contributed by atoms with van der Waals surface area (Å²) in [7, 11) is 0. The van der Waals surface area contributed by atoms with E-state index in [0.717, 1.165) is 41.9 Å². The zero-order valence-electron chi connectivity index (χ0n) is 17.3. The monoisotopic (exact) mass is 418 g/mol. The standard InChI is InChI=1S/C25H26N2O4/c28-17-30-24(20(23-12-16-31-26-23)11-15-27-13-5-6-14-27)25(29)21-9-3-1-7-18(21)19-8-2-4-10-22(19)25/h1-4,7-10,12,16-17,20,24,29H,5-6,11,13-15H2/t20-,24?/m1/s1. The van der Waals surface area contributed by atoms with Crippen molar-refractivity contribution < 1.29 is 19.2 Å². The van der Waals surface area contributed by atoms with Crippen LogP contribution in [-0.2, 0) is 15.1 Å². The van der Waals surface area contributed by atoms with Gasteiger partial charge in [-0.25, -0.2) is 0 Å². The van der Waals surface area contributed by atoms with Gasteiger partial charge in [0.15, 0.2) is 5.60 Å². The zero-order valence-corrected chi connectivity index (χ0v) is 17.3. The van der Waals surface area contributed by atoms with Crippen LogP contribution in [0.25, 0.3) is 11.1 Å². The maximum Gasteiger partial charge on any atom is 0.293 e. The highest BCUT2D eigenvalue weighted by Crippen LogP contribution is 2.52. The lowest BCUT2D eigenvalue weighted by molar-refractivity contribution is -0.150. The predicted octanol–water partition coefficient (Wildman–Crippen LogP) is 3.70. The van der Waals surface area contributed by atoms with Gasteiger partial charge in [-0.2, -0.15) is 0 Å². The first kappa shape index (κ1) is 20.0. The van der Waals surface area contributed by atoms with Gasteiger partial charge in [-0.1, -0.05) is 53.7 Å². The molecule has 160 valence electrons. The summed E-state index contributed by atoms with van der Waals surface area (Å²) in [5, 5.41) is 16.5. The summed E-state index contributed by atoms with van der Waals surface area (Å²) in [6.45, 7) is 3.42. The Kier molecular flexibility index (Phi) is 5.34. The summed E-state index contributed by atoms with van der Waals surface area (Å²) in [6.07, 6.45) is 3.78. The van der Waals surface area contributed by atoms with Gasteiger partial charge in [-0.15, -0.1) is 0 Å². The van der Waals surface area contributed by atoms with E-state index in [4.69, 9.17) is 9.26 Å². The number of rotatable bonds is 8. The second-order valence-electron chi connectivity index (χ2n) is 8.38. The average molecular weight is 418 g/mol. The Morgan fingerprint density at radius 1 is 1.06 bits per heavy atom.